The first-order valence-corrected chi connectivity index (χ1v) is 6.57. The van der Waals surface area contributed by atoms with Crippen LogP contribution in [0.1, 0.15) is 18.2 Å². The van der Waals surface area contributed by atoms with Gasteiger partial charge in [-0.25, -0.2) is 0 Å². The Bertz CT molecular complexity index is 661. The summed E-state index contributed by atoms with van der Waals surface area (Å²) in [5.74, 6) is -0.547. The lowest BCUT2D eigenvalue weighted by atomic mass is 10.1. The molecular weight excluding hydrogens is 272 g/mol. The zero-order valence-corrected chi connectivity index (χ0v) is 11.9. The lowest BCUT2D eigenvalue weighted by molar-refractivity contribution is -0.392. The number of amides is 1. The van der Waals surface area contributed by atoms with E-state index in [0.29, 0.717) is 11.4 Å². The predicted octanol–water partition coefficient (Wildman–Crippen LogP) is 2.30. The molecule has 0 saturated heterocycles. The minimum absolute atomic E-state index is 0.191. The molecule has 1 heterocycles. The summed E-state index contributed by atoms with van der Waals surface area (Å²) in [5.41, 5.74) is 2.33. The molecule has 0 spiro atoms. The van der Waals surface area contributed by atoms with Crippen LogP contribution in [0, 0.1) is 17.0 Å². The van der Waals surface area contributed by atoms with Gasteiger partial charge in [-0.3, -0.25) is 4.79 Å². The van der Waals surface area contributed by atoms with Crippen LogP contribution in [0.3, 0.4) is 0 Å². The maximum atomic E-state index is 11.9. The summed E-state index contributed by atoms with van der Waals surface area (Å²) >= 11 is 0. The molecule has 0 saturated carbocycles. The van der Waals surface area contributed by atoms with Crippen molar-refractivity contribution in [2.24, 2.45) is 0 Å². The highest BCUT2D eigenvalue weighted by atomic mass is 16.6. The molecule has 2 aromatic rings. The molecule has 7 nitrogen and oxygen atoms in total. The van der Waals surface area contributed by atoms with Crippen LogP contribution in [0.15, 0.2) is 30.3 Å². The second-order valence-corrected chi connectivity index (χ2v) is 4.66. The van der Waals surface area contributed by atoms with Gasteiger partial charge in [0.2, 0.25) is 0 Å². The number of carbonyl (C=O) groups is 1. The number of nitrogens with zero attached hydrogens (tertiary/aromatic N) is 3. The Labute approximate surface area is 121 Å². The van der Waals surface area contributed by atoms with Gasteiger partial charge in [-0.15, -0.1) is 4.68 Å². The van der Waals surface area contributed by atoms with Crippen LogP contribution in [0.2, 0.25) is 0 Å². The molecule has 0 bridgehead atoms. The predicted molar refractivity (Wildman–Crippen MR) is 78.1 cm³/mol. The number of rotatable bonds is 5. The normalized spacial score (nSPS) is 10.4. The van der Waals surface area contributed by atoms with Crippen molar-refractivity contribution in [1.29, 1.82) is 0 Å². The topological polar surface area (TPSA) is 90.1 Å². The van der Waals surface area contributed by atoms with E-state index in [2.05, 4.69) is 10.4 Å². The highest BCUT2D eigenvalue weighted by molar-refractivity contribution is 5.90. The molecule has 1 aromatic carbocycles. The standard InChI is InChI=1S/C14H16N4O3/c1-3-11-4-6-12(7-5-11)15-13(19)9-17-14(18(20)21)8-10(2)16-17/h4-8H,3,9H2,1-2H3,(H,15,19). The summed E-state index contributed by atoms with van der Waals surface area (Å²) in [5, 5.41) is 17.5. The molecule has 0 aliphatic heterocycles. The average molecular weight is 288 g/mol. The number of nitro groups is 1. The Kier molecular flexibility index (Phi) is 4.32. The Morgan fingerprint density at radius 2 is 2.05 bits per heavy atom. The molecule has 7 heteroatoms. The van der Waals surface area contributed by atoms with E-state index in [0.717, 1.165) is 11.1 Å². The highest BCUT2D eigenvalue weighted by Crippen LogP contribution is 2.14. The second-order valence-electron chi connectivity index (χ2n) is 4.66. The SMILES string of the molecule is CCc1ccc(NC(=O)Cn2nc(C)cc2[N+](=O)[O-])cc1. The number of hydrogen-bond acceptors (Lipinski definition) is 4. The van der Waals surface area contributed by atoms with Crippen LogP contribution in [-0.4, -0.2) is 20.6 Å². The molecule has 0 fully saturated rings. The molecule has 0 unspecified atom stereocenters. The van der Waals surface area contributed by atoms with Crippen molar-refractivity contribution in [3.05, 3.63) is 51.7 Å². The Morgan fingerprint density at radius 3 is 2.62 bits per heavy atom. The zero-order valence-electron chi connectivity index (χ0n) is 11.9. The van der Waals surface area contributed by atoms with Crippen molar-refractivity contribution in [3.8, 4) is 0 Å². The van der Waals surface area contributed by atoms with E-state index in [1.165, 1.54) is 11.6 Å². The maximum Gasteiger partial charge on any atom is 0.345 e. The van der Waals surface area contributed by atoms with E-state index >= 15 is 0 Å². The third kappa shape index (κ3) is 3.65. The van der Waals surface area contributed by atoms with E-state index in [9.17, 15) is 14.9 Å². The van der Waals surface area contributed by atoms with Gasteiger partial charge in [0.1, 0.15) is 0 Å². The molecule has 0 aliphatic carbocycles. The third-order valence-corrected chi connectivity index (χ3v) is 3.01. The summed E-state index contributed by atoms with van der Waals surface area (Å²) in [4.78, 5) is 22.2. The molecule has 1 N–H and O–H groups in total. The van der Waals surface area contributed by atoms with Gasteiger partial charge < -0.3 is 15.4 Å². The van der Waals surface area contributed by atoms with Gasteiger partial charge >= 0.3 is 5.82 Å². The van der Waals surface area contributed by atoms with E-state index < -0.39 is 4.92 Å². The first-order valence-electron chi connectivity index (χ1n) is 6.57. The van der Waals surface area contributed by atoms with Crippen LogP contribution >= 0.6 is 0 Å². The van der Waals surface area contributed by atoms with Crippen molar-refractivity contribution in [2.45, 2.75) is 26.8 Å². The van der Waals surface area contributed by atoms with Gasteiger partial charge in [0.25, 0.3) is 5.91 Å². The van der Waals surface area contributed by atoms with Crippen molar-refractivity contribution in [3.63, 3.8) is 0 Å². The molecule has 0 atom stereocenters. The van der Waals surface area contributed by atoms with Crippen LogP contribution < -0.4 is 5.32 Å². The first-order chi connectivity index (χ1) is 9.99. The molecule has 1 amide bonds. The van der Waals surface area contributed by atoms with E-state index in [1.54, 1.807) is 19.1 Å². The summed E-state index contributed by atoms with van der Waals surface area (Å²) in [6, 6.07) is 8.80. The van der Waals surface area contributed by atoms with Crippen molar-refractivity contribution in [2.75, 3.05) is 5.32 Å². The third-order valence-electron chi connectivity index (χ3n) is 3.01. The van der Waals surface area contributed by atoms with E-state index in [4.69, 9.17) is 0 Å². The van der Waals surface area contributed by atoms with Gasteiger partial charge in [0.15, 0.2) is 6.54 Å². The van der Waals surface area contributed by atoms with Crippen LogP contribution in [0.4, 0.5) is 11.5 Å². The lowest BCUT2D eigenvalue weighted by Gasteiger charge is -2.05. The largest absolute Gasteiger partial charge is 0.358 e. The number of hydrogen-bond donors (Lipinski definition) is 1. The van der Waals surface area contributed by atoms with Gasteiger partial charge in [0, 0.05) is 5.69 Å². The fourth-order valence-electron chi connectivity index (χ4n) is 1.96. The summed E-state index contributed by atoms with van der Waals surface area (Å²) in [6.45, 7) is 3.50. The molecule has 2 rings (SSSR count). The Morgan fingerprint density at radius 1 is 1.38 bits per heavy atom. The summed E-state index contributed by atoms with van der Waals surface area (Å²) in [6.07, 6.45) is 0.924. The smallest absolute Gasteiger partial charge is 0.345 e. The zero-order chi connectivity index (χ0) is 15.4. The fraction of sp³-hybridized carbons (Fsp3) is 0.286. The van der Waals surface area contributed by atoms with Crippen molar-refractivity contribution in [1.82, 2.24) is 9.78 Å². The molecule has 1 aromatic heterocycles. The molecular formula is C14H16N4O3. The number of nitrogens with one attached hydrogen (secondary N) is 1. The molecule has 110 valence electrons. The van der Waals surface area contributed by atoms with Crippen LogP contribution in [0.5, 0.6) is 0 Å². The Balaban J connectivity index is 2.06. The van der Waals surface area contributed by atoms with E-state index in [-0.39, 0.29) is 18.3 Å². The van der Waals surface area contributed by atoms with Crippen molar-refractivity contribution < 1.29 is 9.72 Å². The number of aromatic nitrogens is 2. The van der Waals surface area contributed by atoms with Gasteiger partial charge in [0.05, 0.1) is 11.8 Å². The summed E-state index contributed by atoms with van der Waals surface area (Å²) < 4.78 is 1.09. The molecule has 21 heavy (non-hydrogen) atoms. The molecule has 0 aliphatic rings. The lowest BCUT2D eigenvalue weighted by Crippen LogP contribution is -2.20. The van der Waals surface area contributed by atoms with Crippen molar-refractivity contribution >= 4 is 17.4 Å². The second kappa shape index (κ2) is 6.17. The number of anilines is 1. The molecule has 0 radical (unpaired) electrons. The minimum Gasteiger partial charge on any atom is -0.358 e. The maximum absolute atomic E-state index is 11.9. The average Bonchev–Trinajstić information content (AvgIpc) is 2.80. The minimum atomic E-state index is -0.552. The highest BCUT2D eigenvalue weighted by Gasteiger charge is 2.19. The first kappa shape index (κ1) is 14.7. The van der Waals surface area contributed by atoms with Crippen LogP contribution in [0.25, 0.3) is 0 Å². The monoisotopic (exact) mass is 288 g/mol. The quantitative estimate of drug-likeness (QED) is 0.675. The Hall–Kier alpha value is -2.70. The van der Waals surface area contributed by atoms with Gasteiger partial charge in [-0.05, 0) is 36.0 Å². The van der Waals surface area contributed by atoms with E-state index in [1.807, 2.05) is 19.1 Å². The van der Waals surface area contributed by atoms with Gasteiger partial charge in [-0.1, -0.05) is 24.2 Å². The fourth-order valence-corrected chi connectivity index (χ4v) is 1.96. The number of aryl methyl sites for hydroxylation is 2. The van der Waals surface area contributed by atoms with Crippen LogP contribution in [-0.2, 0) is 17.8 Å². The number of benzene rings is 1. The number of carbonyl (C=O) groups excluding carboxylic acids is 1. The van der Waals surface area contributed by atoms with Gasteiger partial charge in [-0.2, -0.15) is 0 Å². The summed E-state index contributed by atoms with van der Waals surface area (Å²) in [7, 11) is 0.